The van der Waals surface area contributed by atoms with Gasteiger partial charge in [0.2, 0.25) is 0 Å². The van der Waals surface area contributed by atoms with Crippen LogP contribution in [0.1, 0.15) is 46.0 Å². The molecule has 5 aromatic rings. The molecule has 8 nitrogen and oxygen atoms in total. The van der Waals surface area contributed by atoms with Crippen molar-refractivity contribution in [2.24, 2.45) is 0 Å². The van der Waals surface area contributed by atoms with Gasteiger partial charge in [-0.15, -0.1) is 0 Å². The van der Waals surface area contributed by atoms with Gasteiger partial charge in [-0.1, -0.05) is 48.5 Å². The molecule has 0 amide bonds. The number of Topliss-reactive ketones (excluding diaryl/α,β-unsaturated/α-hetero) is 1. The lowest BCUT2D eigenvalue weighted by Gasteiger charge is -2.30. The molecule has 40 heavy (non-hydrogen) atoms. The summed E-state index contributed by atoms with van der Waals surface area (Å²) >= 11 is 0. The monoisotopic (exact) mass is 533 g/mol. The number of nitrogens with one attached hydrogen (secondary N) is 1. The summed E-state index contributed by atoms with van der Waals surface area (Å²) in [6.07, 6.45) is 3.67. The summed E-state index contributed by atoms with van der Waals surface area (Å²) in [4.78, 5) is 46.8. The summed E-state index contributed by atoms with van der Waals surface area (Å²) < 4.78 is 3.21. The van der Waals surface area contributed by atoms with Crippen molar-refractivity contribution >= 4 is 22.6 Å². The van der Waals surface area contributed by atoms with E-state index in [2.05, 4.69) is 51.3 Å². The molecule has 0 spiro atoms. The van der Waals surface area contributed by atoms with Crippen molar-refractivity contribution in [1.82, 2.24) is 19.1 Å². The highest BCUT2D eigenvalue weighted by Crippen LogP contribution is 2.25. The molecule has 3 heterocycles. The van der Waals surface area contributed by atoms with E-state index in [4.69, 9.17) is 0 Å². The number of aromatic nitrogens is 4. The number of carbonyl (C=O) groups is 1. The first kappa shape index (κ1) is 25.6. The second kappa shape index (κ2) is 10.8. The van der Waals surface area contributed by atoms with E-state index in [1.54, 1.807) is 10.9 Å². The van der Waals surface area contributed by atoms with E-state index < -0.39 is 11.2 Å². The van der Waals surface area contributed by atoms with Crippen LogP contribution in [0.3, 0.4) is 0 Å². The zero-order valence-corrected chi connectivity index (χ0v) is 22.5. The predicted octanol–water partition coefficient (Wildman–Crippen LogP) is 4.33. The van der Waals surface area contributed by atoms with E-state index in [1.807, 2.05) is 43.3 Å². The summed E-state index contributed by atoms with van der Waals surface area (Å²) in [7, 11) is 0. The first-order valence-corrected chi connectivity index (χ1v) is 13.7. The molecule has 0 fully saturated rings. The van der Waals surface area contributed by atoms with Crippen molar-refractivity contribution < 1.29 is 4.79 Å². The van der Waals surface area contributed by atoms with Crippen molar-refractivity contribution in [3.8, 4) is 0 Å². The number of carbonyl (C=O) groups excluding carboxylic acids is 1. The lowest BCUT2D eigenvalue weighted by Crippen LogP contribution is -2.31. The van der Waals surface area contributed by atoms with Crippen LogP contribution in [-0.4, -0.2) is 31.4 Å². The fraction of sp³-hybridized carbons (Fsp3) is 0.250. The number of H-pyrrole nitrogens is 1. The smallest absolute Gasteiger partial charge is 0.330 e. The minimum Gasteiger partial charge on any atom is -0.367 e. The lowest BCUT2D eigenvalue weighted by atomic mass is 9.98. The highest BCUT2D eigenvalue weighted by atomic mass is 16.2. The SMILES string of the molecule is CCn1cnc2c1c(=O)[nH]c(=O)n2Cc1ccc(CCC(=O)c2ccc(N3CCc4ccccc4C3)cc2)cc1. The normalized spacial score (nSPS) is 13.0. The Bertz CT molecular complexity index is 1800. The van der Waals surface area contributed by atoms with E-state index >= 15 is 0 Å². The van der Waals surface area contributed by atoms with Crippen molar-refractivity contribution in [1.29, 1.82) is 0 Å². The zero-order chi connectivity index (χ0) is 27.6. The minimum atomic E-state index is -0.482. The van der Waals surface area contributed by atoms with Crippen LogP contribution in [0.15, 0.2) is 88.7 Å². The number of aromatic amines is 1. The van der Waals surface area contributed by atoms with E-state index in [9.17, 15) is 14.4 Å². The topological polar surface area (TPSA) is 93.0 Å². The molecule has 0 saturated carbocycles. The summed E-state index contributed by atoms with van der Waals surface area (Å²) in [5.74, 6) is 0.119. The fourth-order valence-electron chi connectivity index (χ4n) is 5.48. The summed E-state index contributed by atoms with van der Waals surface area (Å²) in [5.41, 5.74) is 6.48. The maximum atomic E-state index is 12.9. The molecule has 202 valence electrons. The first-order valence-electron chi connectivity index (χ1n) is 13.7. The Morgan fingerprint density at radius 1 is 0.925 bits per heavy atom. The molecular formula is C32H31N5O3. The van der Waals surface area contributed by atoms with Gasteiger partial charge in [0, 0.05) is 37.3 Å². The highest BCUT2D eigenvalue weighted by molar-refractivity contribution is 5.96. The molecule has 0 bridgehead atoms. The first-order chi connectivity index (χ1) is 19.5. The molecule has 0 aliphatic carbocycles. The number of anilines is 1. The molecule has 0 radical (unpaired) electrons. The fourth-order valence-corrected chi connectivity index (χ4v) is 5.48. The second-order valence-electron chi connectivity index (χ2n) is 10.3. The van der Waals surface area contributed by atoms with Gasteiger partial charge in [0.1, 0.15) is 0 Å². The van der Waals surface area contributed by atoms with Crippen LogP contribution >= 0.6 is 0 Å². The summed E-state index contributed by atoms with van der Waals surface area (Å²) in [5, 5.41) is 0. The van der Waals surface area contributed by atoms with Gasteiger partial charge in [-0.05, 0) is 66.3 Å². The summed E-state index contributed by atoms with van der Waals surface area (Å²) in [6, 6.07) is 24.4. The molecule has 0 unspecified atom stereocenters. The van der Waals surface area contributed by atoms with Gasteiger partial charge in [-0.25, -0.2) is 9.78 Å². The maximum absolute atomic E-state index is 12.9. The number of ketones is 1. The Hall–Kier alpha value is -4.72. The Morgan fingerprint density at radius 2 is 1.65 bits per heavy atom. The van der Waals surface area contributed by atoms with Gasteiger partial charge < -0.3 is 9.47 Å². The van der Waals surface area contributed by atoms with Crippen molar-refractivity contribution in [3.05, 3.63) is 128 Å². The quantitative estimate of drug-likeness (QED) is 0.300. The van der Waals surface area contributed by atoms with Gasteiger partial charge in [0.15, 0.2) is 16.9 Å². The van der Waals surface area contributed by atoms with Crippen molar-refractivity contribution in [3.63, 3.8) is 0 Å². The number of rotatable bonds is 8. The standard InChI is InChI=1S/C32H31N5O3/c1-2-35-21-33-30-29(35)31(39)34-32(40)37(30)19-23-9-7-22(8-10-23)11-16-28(38)25-12-14-27(15-13-25)36-18-17-24-5-3-4-6-26(24)20-36/h3-10,12-15,21H,2,11,16-20H2,1H3,(H,34,39,40). The molecule has 8 heteroatoms. The Labute approximate surface area is 231 Å². The number of hydrogen-bond donors (Lipinski definition) is 1. The van der Waals surface area contributed by atoms with Crippen LogP contribution in [0.4, 0.5) is 5.69 Å². The van der Waals surface area contributed by atoms with Crippen LogP contribution in [0.25, 0.3) is 11.2 Å². The zero-order valence-electron chi connectivity index (χ0n) is 22.5. The predicted molar refractivity (Wildman–Crippen MR) is 156 cm³/mol. The van der Waals surface area contributed by atoms with E-state index in [-0.39, 0.29) is 5.78 Å². The minimum absolute atomic E-state index is 0.119. The molecule has 1 N–H and O–H groups in total. The van der Waals surface area contributed by atoms with Crippen LogP contribution in [0.5, 0.6) is 0 Å². The third kappa shape index (κ3) is 5.00. The average Bonchev–Trinajstić information content (AvgIpc) is 3.43. The molecule has 2 aromatic heterocycles. The van der Waals surface area contributed by atoms with Gasteiger partial charge >= 0.3 is 5.69 Å². The molecule has 6 rings (SSSR count). The Morgan fingerprint density at radius 3 is 2.40 bits per heavy atom. The number of nitrogens with zero attached hydrogens (tertiary/aromatic N) is 4. The third-order valence-electron chi connectivity index (χ3n) is 7.78. The highest BCUT2D eigenvalue weighted by Gasteiger charge is 2.17. The van der Waals surface area contributed by atoms with E-state index in [1.165, 1.54) is 15.7 Å². The molecule has 0 saturated heterocycles. The number of aryl methyl sites for hydroxylation is 2. The number of benzene rings is 3. The molecule has 0 atom stereocenters. The molecular weight excluding hydrogens is 502 g/mol. The van der Waals surface area contributed by atoms with Crippen LogP contribution in [0, 0.1) is 0 Å². The number of imidazole rings is 1. The number of hydrogen-bond acceptors (Lipinski definition) is 5. The van der Waals surface area contributed by atoms with Gasteiger partial charge in [0.25, 0.3) is 5.56 Å². The third-order valence-corrected chi connectivity index (χ3v) is 7.78. The average molecular weight is 534 g/mol. The second-order valence-corrected chi connectivity index (χ2v) is 10.3. The molecule has 1 aliphatic heterocycles. The Balaban J connectivity index is 1.08. The van der Waals surface area contributed by atoms with E-state index in [0.717, 1.165) is 41.9 Å². The van der Waals surface area contributed by atoms with Crippen LogP contribution in [-0.2, 0) is 32.5 Å². The lowest BCUT2D eigenvalue weighted by molar-refractivity contribution is 0.0983. The molecule has 3 aromatic carbocycles. The Kier molecular flexibility index (Phi) is 6.90. The van der Waals surface area contributed by atoms with Crippen LogP contribution in [0.2, 0.25) is 0 Å². The van der Waals surface area contributed by atoms with Crippen LogP contribution < -0.4 is 16.1 Å². The summed E-state index contributed by atoms with van der Waals surface area (Å²) in [6.45, 7) is 4.67. The van der Waals surface area contributed by atoms with Crippen molar-refractivity contribution in [2.75, 3.05) is 11.4 Å². The van der Waals surface area contributed by atoms with Gasteiger partial charge in [-0.2, -0.15) is 0 Å². The molecule has 1 aliphatic rings. The van der Waals surface area contributed by atoms with Gasteiger partial charge in [0.05, 0.1) is 12.9 Å². The van der Waals surface area contributed by atoms with Gasteiger partial charge in [-0.3, -0.25) is 19.1 Å². The van der Waals surface area contributed by atoms with Crippen molar-refractivity contribution in [2.45, 2.75) is 45.8 Å². The maximum Gasteiger partial charge on any atom is 0.330 e. The largest absolute Gasteiger partial charge is 0.367 e. The van der Waals surface area contributed by atoms with E-state index in [0.29, 0.717) is 37.1 Å². The number of fused-ring (bicyclic) bond motifs is 2.